The molecule has 0 amide bonds. The Morgan fingerprint density at radius 3 is 2.50 bits per heavy atom. The van der Waals surface area contributed by atoms with Gasteiger partial charge in [0.2, 0.25) is 0 Å². The van der Waals surface area contributed by atoms with Crippen LogP contribution in [0.1, 0.15) is 18.1 Å². The van der Waals surface area contributed by atoms with Gasteiger partial charge in [-0.2, -0.15) is 10.2 Å². The molecular weight excluding hydrogens is 172 g/mol. The van der Waals surface area contributed by atoms with Crippen LogP contribution in [0.25, 0.3) is 0 Å². The zero-order chi connectivity index (χ0) is 10.4. The number of hydrogen-bond donors (Lipinski definition) is 0. The summed E-state index contributed by atoms with van der Waals surface area (Å²) in [6.45, 7) is 7.52. The topological polar surface area (TPSA) is 24.7 Å². The zero-order valence-corrected chi connectivity index (χ0v) is 8.57. The minimum absolute atomic E-state index is 0.906. The number of benzene rings is 1. The summed E-state index contributed by atoms with van der Waals surface area (Å²) in [6, 6.07) is 8.20. The third-order valence-electron chi connectivity index (χ3n) is 1.85. The highest BCUT2D eigenvalue weighted by atomic mass is 15.2. The van der Waals surface area contributed by atoms with Gasteiger partial charge in [-0.1, -0.05) is 36.4 Å². The predicted molar refractivity (Wildman–Crippen MR) is 62.1 cm³/mol. The molecule has 0 aliphatic heterocycles. The Balaban J connectivity index is 2.83. The number of aryl methyl sites for hydroxylation is 1. The van der Waals surface area contributed by atoms with Crippen molar-refractivity contribution in [3.63, 3.8) is 0 Å². The molecule has 1 aromatic carbocycles. The molecule has 0 N–H and O–H groups in total. The molecule has 14 heavy (non-hydrogen) atoms. The van der Waals surface area contributed by atoms with E-state index in [1.54, 1.807) is 12.3 Å². The Labute approximate surface area is 84.7 Å². The molecular formula is C12H14N2. The predicted octanol–water partition coefficient (Wildman–Crippen LogP) is 2.98. The molecule has 0 radical (unpaired) electrons. The summed E-state index contributed by atoms with van der Waals surface area (Å²) >= 11 is 0. The monoisotopic (exact) mass is 186 g/mol. The summed E-state index contributed by atoms with van der Waals surface area (Å²) in [5.41, 5.74) is 3.25. The van der Waals surface area contributed by atoms with Crippen LogP contribution in [0, 0.1) is 6.92 Å². The van der Waals surface area contributed by atoms with Crippen LogP contribution < -0.4 is 0 Å². The zero-order valence-electron chi connectivity index (χ0n) is 8.57. The van der Waals surface area contributed by atoms with Crippen LogP contribution in [0.5, 0.6) is 0 Å². The lowest BCUT2D eigenvalue weighted by Crippen LogP contribution is -1.93. The maximum atomic E-state index is 4.03. The molecule has 1 aromatic rings. The first-order valence-electron chi connectivity index (χ1n) is 4.49. The lowest BCUT2D eigenvalue weighted by molar-refractivity contribution is 1.24. The average molecular weight is 186 g/mol. The Hall–Kier alpha value is -1.70. The fourth-order valence-corrected chi connectivity index (χ4v) is 1.02. The maximum absolute atomic E-state index is 4.03. The Bertz CT molecular complexity index is 358. The summed E-state index contributed by atoms with van der Waals surface area (Å²) in [7, 11) is 0. The minimum Gasteiger partial charge on any atom is -0.159 e. The van der Waals surface area contributed by atoms with Gasteiger partial charge < -0.3 is 0 Å². The molecule has 0 aliphatic carbocycles. The number of rotatable bonds is 3. The van der Waals surface area contributed by atoms with Crippen molar-refractivity contribution in [1.82, 2.24) is 0 Å². The van der Waals surface area contributed by atoms with E-state index in [2.05, 4.69) is 35.8 Å². The molecule has 72 valence electrons. The molecule has 0 bridgehead atoms. The normalized spacial score (nSPS) is 12.0. The summed E-state index contributed by atoms with van der Waals surface area (Å²) in [4.78, 5) is 0. The van der Waals surface area contributed by atoms with Gasteiger partial charge in [0.05, 0.1) is 5.71 Å². The molecule has 0 saturated heterocycles. The van der Waals surface area contributed by atoms with Crippen molar-refractivity contribution >= 4 is 11.9 Å². The first kappa shape index (κ1) is 10.4. The molecule has 0 spiro atoms. The minimum atomic E-state index is 0.906. The summed E-state index contributed by atoms with van der Waals surface area (Å²) in [6.07, 6.45) is 3.17. The third-order valence-corrected chi connectivity index (χ3v) is 1.85. The maximum Gasteiger partial charge on any atom is 0.0671 e. The van der Waals surface area contributed by atoms with E-state index in [-0.39, 0.29) is 0 Å². The fraction of sp³-hybridized carbons (Fsp3) is 0.167. The van der Waals surface area contributed by atoms with Gasteiger partial charge in [0.15, 0.2) is 0 Å². The standard InChI is InChI=1S/C12H14N2/c1-4-9-13-14-11(3)12-7-5-10(2)6-8-12/h4-9H,1H2,2-3H3. The highest BCUT2D eigenvalue weighted by Crippen LogP contribution is 2.04. The second-order valence-corrected chi connectivity index (χ2v) is 3.05. The smallest absolute Gasteiger partial charge is 0.0671 e. The van der Waals surface area contributed by atoms with E-state index in [9.17, 15) is 0 Å². The van der Waals surface area contributed by atoms with Crippen LogP contribution in [-0.2, 0) is 0 Å². The molecule has 0 heterocycles. The van der Waals surface area contributed by atoms with Gasteiger partial charge in [-0.3, -0.25) is 0 Å². The lowest BCUT2D eigenvalue weighted by atomic mass is 10.1. The van der Waals surface area contributed by atoms with Gasteiger partial charge in [-0.05, 0) is 25.5 Å². The largest absolute Gasteiger partial charge is 0.159 e. The van der Waals surface area contributed by atoms with Crippen LogP contribution in [-0.4, -0.2) is 11.9 Å². The van der Waals surface area contributed by atoms with E-state index < -0.39 is 0 Å². The van der Waals surface area contributed by atoms with E-state index in [4.69, 9.17) is 0 Å². The van der Waals surface area contributed by atoms with Crippen molar-refractivity contribution in [3.8, 4) is 0 Å². The van der Waals surface area contributed by atoms with Crippen LogP contribution in [0.15, 0.2) is 47.1 Å². The van der Waals surface area contributed by atoms with Gasteiger partial charge >= 0.3 is 0 Å². The van der Waals surface area contributed by atoms with Crippen molar-refractivity contribution in [2.45, 2.75) is 13.8 Å². The van der Waals surface area contributed by atoms with Crippen molar-refractivity contribution in [2.75, 3.05) is 0 Å². The number of hydrogen-bond acceptors (Lipinski definition) is 2. The van der Waals surface area contributed by atoms with Gasteiger partial charge in [-0.25, -0.2) is 0 Å². The highest BCUT2D eigenvalue weighted by Gasteiger charge is 1.94. The molecule has 2 nitrogen and oxygen atoms in total. The van der Waals surface area contributed by atoms with Gasteiger partial charge in [0, 0.05) is 6.21 Å². The molecule has 0 aliphatic rings. The van der Waals surface area contributed by atoms with E-state index in [1.807, 2.05) is 19.1 Å². The fourth-order valence-electron chi connectivity index (χ4n) is 1.02. The second kappa shape index (κ2) is 5.12. The molecule has 1 rings (SSSR count). The molecule has 0 unspecified atom stereocenters. The lowest BCUT2D eigenvalue weighted by Gasteiger charge is -1.98. The van der Waals surface area contributed by atoms with Crippen molar-refractivity contribution in [3.05, 3.63) is 48.0 Å². The van der Waals surface area contributed by atoms with Crippen molar-refractivity contribution in [1.29, 1.82) is 0 Å². The van der Waals surface area contributed by atoms with Crippen molar-refractivity contribution in [2.24, 2.45) is 10.2 Å². The Kier molecular flexibility index (Phi) is 3.80. The van der Waals surface area contributed by atoms with Crippen LogP contribution in [0.3, 0.4) is 0 Å². The second-order valence-electron chi connectivity index (χ2n) is 3.05. The summed E-state index contributed by atoms with van der Waals surface area (Å²) in [5, 5.41) is 7.86. The van der Waals surface area contributed by atoms with Gasteiger partial charge in [0.1, 0.15) is 0 Å². The van der Waals surface area contributed by atoms with Crippen LogP contribution >= 0.6 is 0 Å². The number of allylic oxidation sites excluding steroid dienone is 1. The van der Waals surface area contributed by atoms with Crippen LogP contribution in [0.2, 0.25) is 0 Å². The Morgan fingerprint density at radius 2 is 1.93 bits per heavy atom. The van der Waals surface area contributed by atoms with Crippen LogP contribution in [0.4, 0.5) is 0 Å². The highest BCUT2D eigenvalue weighted by molar-refractivity contribution is 5.98. The molecule has 0 atom stereocenters. The average Bonchev–Trinajstić information content (AvgIpc) is 2.19. The van der Waals surface area contributed by atoms with E-state index in [0.717, 1.165) is 11.3 Å². The third kappa shape index (κ3) is 2.98. The number of nitrogens with zero attached hydrogens (tertiary/aromatic N) is 2. The summed E-state index contributed by atoms with van der Waals surface area (Å²) < 4.78 is 0. The molecule has 0 aromatic heterocycles. The first-order valence-corrected chi connectivity index (χ1v) is 4.49. The molecule has 0 fully saturated rings. The van der Waals surface area contributed by atoms with E-state index in [1.165, 1.54) is 5.56 Å². The quantitative estimate of drug-likeness (QED) is 0.512. The Morgan fingerprint density at radius 1 is 1.29 bits per heavy atom. The summed E-state index contributed by atoms with van der Waals surface area (Å²) in [5.74, 6) is 0. The SMILES string of the molecule is C=CC=NN=C(C)c1ccc(C)cc1. The van der Waals surface area contributed by atoms with Gasteiger partial charge in [-0.15, -0.1) is 0 Å². The van der Waals surface area contributed by atoms with E-state index >= 15 is 0 Å². The first-order chi connectivity index (χ1) is 6.74. The van der Waals surface area contributed by atoms with Crippen molar-refractivity contribution < 1.29 is 0 Å². The molecule has 2 heteroatoms. The van der Waals surface area contributed by atoms with E-state index in [0.29, 0.717) is 0 Å². The molecule has 0 saturated carbocycles. The van der Waals surface area contributed by atoms with Gasteiger partial charge in [0.25, 0.3) is 0 Å².